The smallest absolute Gasteiger partial charge is 0.344 e. The summed E-state index contributed by atoms with van der Waals surface area (Å²) in [5, 5.41) is 2.93. The summed E-state index contributed by atoms with van der Waals surface area (Å²) in [5.41, 5.74) is 0.331. The van der Waals surface area contributed by atoms with Gasteiger partial charge in [-0.25, -0.2) is 18.4 Å². The number of nitrogens with one attached hydrogen (secondary N) is 1. The first-order valence-electron chi connectivity index (χ1n) is 9.61. The molecule has 30 heavy (non-hydrogen) atoms. The van der Waals surface area contributed by atoms with E-state index in [1.807, 2.05) is 0 Å². The number of fused-ring (bicyclic) bond motifs is 1. The summed E-state index contributed by atoms with van der Waals surface area (Å²) in [6.07, 6.45) is 2.11. The standard InChI is InChI=1S/C21H21F2NO5S/c1-3-28-20(26)16-12-7-4-5-10-15(12)30-19(16)24-18(25)11(2)29-21(27)17-13(22)8-6-9-14(17)23/h6,8-9,11H,3-5,7,10H2,1-2H3,(H,24,25). The molecule has 1 N–H and O–H groups in total. The molecule has 1 aromatic heterocycles. The molecule has 1 aliphatic carbocycles. The van der Waals surface area contributed by atoms with Crippen LogP contribution in [-0.2, 0) is 27.1 Å². The van der Waals surface area contributed by atoms with Crippen LogP contribution in [-0.4, -0.2) is 30.6 Å². The molecule has 1 aromatic carbocycles. The van der Waals surface area contributed by atoms with Crippen molar-refractivity contribution in [1.82, 2.24) is 0 Å². The number of ether oxygens (including phenoxy) is 2. The van der Waals surface area contributed by atoms with Crippen molar-refractivity contribution in [3.8, 4) is 0 Å². The first-order valence-corrected chi connectivity index (χ1v) is 10.4. The van der Waals surface area contributed by atoms with Gasteiger partial charge in [0.1, 0.15) is 22.2 Å². The molecule has 1 atom stereocenters. The van der Waals surface area contributed by atoms with Crippen molar-refractivity contribution in [3.05, 3.63) is 51.4 Å². The van der Waals surface area contributed by atoms with Crippen LogP contribution in [0, 0.1) is 11.6 Å². The Morgan fingerprint density at radius 3 is 2.43 bits per heavy atom. The maximum Gasteiger partial charge on any atom is 0.344 e. The summed E-state index contributed by atoms with van der Waals surface area (Å²) in [5.74, 6) is -4.69. The van der Waals surface area contributed by atoms with E-state index in [-0.39, 0.29) is 6.61 Å². The monoisotopic (exact) mass is 437 g/mol. The van der Waals surface area contributed by atoms with Gasteiger partial charge in [-0.05, 0) is 57.2 Å². The van der Waals surface area contributed by atoms with Gasteiger partial charge in [-0.3, -0.25) is 4.79 Å². The van der Waals surface area contributed by atoms with Crippen LogP contribution in [0.5, 0.6) is 0 Å². The molecule has 3 rings (SSSR count). The number of halogens is 2. The molecule has 0 saturated carbocycles. The molecule has 0 saturated heterocycles. The predicted octanol–water partition coefficient (Wildman–Crippen LogP) is 4.27. The topological polar surface area (TPSA) is 81.7 Å². The van der Waals surface area contributed by atoms with Crippen LogP contribution < -0.4 is 5.32 Å². The summed E-state index contributed by atoms with van der Waals surface area (Å²) >= 11 is 1.29. The number of carbonyl (C=O) groups excluding carboxylic acids is 3. The number of esters is 2. The number of rotatable bonds is 6. The van der Waals surface area contributed by atoms with Crippen LogP contribution >= 0.6 is 11.3 Å². The van der Waals surface area contributed by atoms with Gasteiger partial charge in [-0.2, -0.15) is 0 Å². The molecule has 0 spiro atoms. The minimum absolute atomic E-state index is 0.194. The minimum atomic E-state index is -1.34. The highest BCUT2D eigenvalue weighted by Crippen LogP contribution is 2.38. The molecular weight excluding hydrogens is 416 g/mol. The zero-order chi connectivity index (χ0) is 21.8. The molecule has 6 nitrogen and oxygen atoms in total. The molecule has 1 heterocycles. The summed E-state index contributed by atoms with van der Waals surface area (Å²) in [4.78, 5) is 38.2. The lowest BCUT2D eigenvalue weighted by Crippen LogP contribution is -2.30. The second-order valence-corrected chi connectivity index (χ2v) is 7.87. The highest BCUT2D eigenvalue weighted by molar-refractivity contribution is 7.17. The third-order valence-corrected chi connectivity index (χ3v) is 5.91. The molecule has 1 aliphatic rings. The number of aryl methyl sites for hydroxylation is 1. The molecule has 1 unspecified atom stereocenters. The third kappa shape index (κ3) is 4.51. The minimum Gasteiger partial charge on any atom is -0.462 e. The number of benzene rings is 1. The molecule has 9 heteroatoms. The van der Waals surface area contributed by atoms with Crippen molar-refractivity contribution >= 4 is 34.2 Å². The van der Waals surface area contributed by atoms with Gasteiger partial charge >= 0.3 is 11.9 Å². The van der Waals surface area contributed by atoms with Crippen molar-refractivity contribution in [2.24, 2.45) is 0 Å². The van der Waals surface area contributed by atoms with Crippen molar-refractivity contribution in [2.75, 3.05) is 11.9 Å². The molecule has 0 aliphatic heterocycles. The quantitative estimate of drug-likeness (QED) is 0.683. The zero-order valence-electron chi connectivity index (χ0n) is 16.6. The van der Waals surface area contributed by atoms with E-state index in [1.54, 1.807) is 6.92 Å². The van der Waals surface area contributed by atoms with Crippen LogP contribution in [0.4, 0.5) is 13.8 Å². The van der Waals surface area contributed by atoms with E-state index < -0.39 is 41.1 Å². The van der Waals surface area contributed by atoms with Crippen LogP contribution in [0.1, 0.15) is 57.8 Å². The largest absolute Gasteiger partial charge is 0.462 e. The first-order chi connectivity index (χ1) is 14.3. The van der Waals surface area contributed by atoms with Gasteiger partial charge in [0, 0.05) is 4.88 Å². The Balaban J connectivity index is 1.77. The Morgan fingerprint density at radius 2 is 1.77 bits per heavy atom. The molecule has 2 aromatic rings. The normalized spacial score (nSPS) is 13.9. The zero-order valence-corrected chi connectivity index (χ0v) is 17.4. The molecule has 1 amide bonds. The first kappa shape index (κ1) is 21.9. The van der Waals surface area contributed by atoms with Gasteiger partial charge in [0.15, 0.2) is 6.10 Å². The molecule has 160 valence electrons. The molecule has 0 radical (unpaired) electrons. The van der Waals surface area contributed by atoms with Gasteiger partial charge in [0.25, 0.3) is 5.91 Å². The van der Waals surface area contributed by atoms with Gasteiger partial charge in [0.05, 0.1) is 12.2 Å². The maximum atomic E-state index is 13.8. The summed E-state index contributed by atoms with van der Waals surface area (Å²) in [6.45, 7) is 3.17. The highest BCUT2D eigenvalue weighted by Gasteiger charge is 2.29. The van der Waals surface area contributed by atoms with Crippen molar-refractivity contribution in [3.63, 3.8) is 0 Å². The van der Waals surface area contributed by atoms with E-state index in [2.05, 4.69) is 5.32 Å². The predicted molar refractivity (Wildman–Crippen MR) is 107 cm³/mol. The molecule has 0 bridgehead atoms. The number of carbonyl (C=O) groups is 3. The lowest BCUT2D eigenvalue weighted by atomic mass is 9.95. The van der Waals surface area contributed by atoms with E-state index in [0.717, 1.165) is 47.9 Å². The fraction of sp³-hybridized carbons (Fsp3) is 0.381. The van der Waals surface area contributed by atoms with E-state index in [4.69, 9.17) is 9.47 Å². The van der Waals surface area contributed by atoms with Crippen molar-refractivity contribution in [2.45, 2.75) is 45.6 Å². The Hall–Kier alpha value is -2.81. The van der Waals surface area contributed by atoms with Crippen LogP contribution in [0.15, 0.2) is 18.2 Å². The van der Waals surface area contributed by atoms with Crippen molar-refractivity contribution in [1.29, 1.82) is 0 Å². The van der Waals surface area contributed by atoms with Crippen LogP contribution in [0.3, 0.4) is 0 Å². The highest BCUT2D eigenvalue weighted by atomic mass is 32.1. The lowest BCUT2D eigenvalue weighted by molar-refractivity contribution is -0.123. The number of hydrogen-bond donors (Lipinski definition) is 1. The SMILES string of the molecule is CCOC(=O)c1c(NC(=O)C(C)OC(=O)c2c(F)cccc2F)sc2c1CCCC2. The average Bonchev–Trinajstić information content (AvgIpc) is 3.05. The lowest BCUT2D eigenvalue weighted by Gasteiger charge is -2.15. The molecular formula is C21H21F2NO5S. The van der Waals surface area contributed by atoms with Crippen molar-refractivity contribution < 1.29 is 32.6 Å². The van der Waals surface area contributed by atoms with Crippen LogP contribution in [0.25, 0.3) is 0 Å². The average molecular weight is 437 g/mol. The fourth-order valence-electron chi connectivity index (χ4n) is 3.25. The Labute approximate surface area is 176 Å². The Kier molecular flexibility index (Phi) is 6.81. The molecule has 0 fully saturated rings. The number of anilines is 1. The number of thiophene rings is 1. The Morgan fingerprint density at radius 1 is 1.10 bits per heavy atom. The maximum absolute atomic E-state index is 13.8. The van der Waals surface area contributed by atoms with Gasteiger partial charge < -0.3 is 14.8 Å². The fourth-order valence-corrected chi connectivity index (χ4v) is 4.53. The second kappa shape index (κ2) is 9.34. The summed E-state index contributed by atoms with van der Waals surface area (Å²) < 4.78 is 37.6. The van der Waals surface area contributed by atoms with E-state index >= 15 is 0 Å². The van der Waals surface area contributed by atoms with E-state index in [0.29, 0.717) is 17.0 Å². The summed E-state index contributed by atoms with van der Waals surface area (Å²) in [7, 11) is 0. The number of amides is 1. The van der Waals surface area contributed by atoms with E-state index in [9.17, 15) is 23.2 Å². The summed E-state index contributed by atoms with van der Waals surface area (Å²) in [6, 6.07) is 2.96. The van der Waals surface area contributed by atoms with E-state index in [1.165, 1.54) is 18.3 Å². The van der Waals surface area contributed by atoms with Gasteiger partial charge in [0.2, 0.25) is 0 Å². The van der Waals surface area contributed by atoms with Crippen LogP contribution in [0.2, 0.25) is 0 Å². The van der Waals surface area contributed by atoms with Gasteiger partial charge in [-0.15, -0.1) is 11.3 Å². The number of hydrogen-bond acceptors (Lipinski definition) is 6. The second-order valence-electron chi connectivity index (χ2n) is 6.77. The third-order valence-electron chi connectivity index (χ3n) is 4.71. The van der Waals surface area contributed by atoms with Gasteiger partial charge in [-0.1, -0.05) is 6.07 Å². The Bertz CT molecular complexity index is 968.